The summed E-state index contributed by atoms with van der Waals surface area (Å²) >= 11 is 0. The largest absolute Gasteiger partial charge is 0.378 e. The maximum atomic E-state index is 8.91. The Kier molecular flexibility index (Phi) is 4.27. The Morgan fingerprint density at radius 1 is 1.10 bits per heavy atom. The highest BCUT2D eigenvalue weighted by Gasteiger charge is 2.06. The molecule has 102 valence electrons. The van der Waals surface area contributed by atoms with Gasteiger partial charge in [0, 0.05) is 31.5 Å². The van der Waals surface area contributed by atoms with E-state index >= 15 is 0 Å². The molecule has 0 fully saturated rings. The molecule has 0 aliphatic carbocycles. The van der Waals surface area contributed by atoms with Crippen LogP contribution in [0, 0.1) is 11.3 Å². The van der Waals surface area contributed by atoms with Crippen molar-refractivity contribution in [3.05, 3.63) is 59.7 Å². The summed E-state index contributed by atoms with van der Waals surface area (Å²) in [6.07, 6.45) is 0. The van der Waals surface area contributed by atoms with Gasteiger partial charge >= 0.3 is 0 Å². The molecule has 1 unspecified atom stereocenters. The highest BCUT2D eigenvalue weighted by Crippen LogP contribution is 2.22. The van der Waals surface area contributed by atoms with Gasteiger partial charge < -0.3 is 10.2 Å². The van der Waals surface area contributed by atoms with Crippen molar-refractivity contribution in [1.29, 1.82) is 5.26 Å². The molecule has 2 rings (SSSR count). The van der Waals surface area contributed by atoms with Crippen molar-refractivity contribution >= 4 is 11.4 Å². The molecule has 3 heteroatoms. The van der Waals surface area contributed by atoms with Crippen molar-refractivity contribution in [3.8, 4) is 6.07 Å². The Hall–Kier alpha value is -2.47. The second kappa shape index (κ2) is 6.12. The van der Waals surface area contributed by atoms with Crippen molar-refractivity contribution in [2.24, 2.45) is 0 Å². The topological polar surface area (TPSA) is 39.1 Å². The Morgan fingerprint density at radius 2 is 1.80 bits per heavy atom. The molecule has 0 aliphatic rings. The van der Waals surface area contributed by atoms with Crippen LogP contribution >= 0.6 is 0 Å². The lowest BCUT2D eigenvalue weighted by atomic mass is 10.1. The summed E-state index contributed by atoms with van der Waals surface area (Å²) in [5.74, 6) is 0. The highest BCUT2D eigenvalue weighted by atomic mass is 15.1. The van der Waals surface area contributed by atoms with Gasteiger partial charge in [-0.2, -0.15) is 5.26 Å². The standard InChI is InChI=1S/C17H19N3/c1-13(15-7-9-17(10-8-15)20(2)3)19-16-6-4-5-14(11-16)12-18/h4-11,13,19H,1-3H3. The molecule has 0 heterocycles. The van der Waals surface area contributed by atoms with E-state index in [4.69, 9.17) is 5.26 Å². The van der Waals surface area contributed by atoms with Crippen LogP contribution in [0.4, 0.5) is 11.4 Å². The van der Waals surface area contributed by atoms with Gasteiger partial charge in [-0.3, -0.25) is 0 Å². The Labute approximate surface area is 120 Å². The lowest BCUT2D eigenvalue weighted by Crippen LogP contribution is -2.10. The number of anilines is 2. The van der Waals surface area contributed by atoms with Gasteiger partial charge in [-0.15, -0.1) is 0 Å². The zero-order chi connectivity index (χ0) is 14.5. The quantitative estimate of drug-likeness (QED) is 0.914. The fraction of sp³-hybridized carbons (Fsp3) is 0.235. The number of rotatable bonds is 4. The van der Waals surface area contributed by atoms with E-state index in [0.717, 1.165) is 5.69 Å². The van der Waals surface area contributed by atoms with Crippen LogP contribution in [-0.2, 0) is 0 Å². The second-order valence-corrected chi connectivity index (χ2v) is 5.04. The van der Waals surface area contributed by atoms with Crippen LogP contribution in [0.15, 0.2) is 48.5 Å². The number of nitrogens with zero attached hydrogens (tertiary/aromatic N) is 2. The van der Waals surface area contributed by atoms with Crippen LogP contribution in [0.1, 0.15) is 24.1 Å². The Balaban J connectivity index is 2.11. The van der Waals surface area contributed by atoms with E-state index in [0.29, 0.717) is 5.56 Å². The molecule has 2 aromatic carbocycles. The third kappa shape index (κ3) is 3.30. The summed E-state index contributed by atoms with van der Waals surface area (Å²) < 4.78 is 0. The van der Waals surface area contributed by atoms with Gasteiger partial charge in [-0.1, -0.05) is 18.2 Å². The first-order chi connectivity index (χ1) is 9.60. The molecule has 0 aliphatic heterocycles. The summed E-state index contributed by atoms with van der Waals surface area (Å²) in [4.78, 5) is 2.08. The summed E-state index contributed by atoms with van der Waals surface area (Å²) in [7, 11) is 4.06. The van der Waals surface area contributed by atoms with E-state index in [2.05, 4.69) is 47.5 Å². The smallest absolute Gasteiger partial charge is 0.0992 e. The average Bonchev–Trinajstić information content (AvgIpc) is 2.47. The molecule has 0 aromatic heterocycles. The Morgan fingerprint density at radius 3 is 2.40 bits per heavy atom. The van der Waals surface area contributed by atoms with Crippen molar-refractivity contribution in [2.75, 3.05) is 24.3 Å². The third-order valence-electron chi connectivity index (χ3n) is 3.28. The molecule has 20 heavy (non-hydrogen) atoms. The van der Waals surface area contributed by atoms with E-state index in [1.165, 1.54) is 11.3 Å². The summed E-state index contributed by atoms with van der Waals surface area (Å²) in [6.45, 7) is 2.11. The van der Waals surface area contributed by atoms with Gasteiger partial charge in [0.2, 0.25) is 0 Å². The van der Waals surface area contributed by atoms with Gasteiger partial charge in [-0.05, 0) is 42.8 Å². The van der Waals surface area contributed by atoms with Crippen molar-refractivity contribution < 1.29 is 0 Å². The van der Waals surface area contributed by atoms with Gasteiger partial charge in [-0.25, -0.2) is 0 Å². The van der Waals surface area contributed by atoms with Crippen LogP contribution in [0.2, 0.25) is 0 Å². The molecule has 0 saturated carbocycles. The molecule has 0 amide bonds. The SMILES string of the molecule is CC(Nc1cccc(C#N)c1)c1ccc(N(C)C)cc1. The first kappa shape index (κ1) is 14.0. The number of nitriles is 1. The minimum absolute atomic E-state index is 0.195. The van der Waals surface area contributed by atoms with E-state index in [1.54, 1.807) is 0 Å². The third-order valence-corrected chi connectivity index (χ3v) is 3.28. The molecule has 0 spiro atoms. The fourth-order valence-electron chi connectivity index (χ4n) is 2.07. The van der Waals surface area contributed by atoms with Crippen LogP contribution in [-0.4, -0.2) is 14.1 Å². The van der Waals surface area contributed by atoms with Crippen LogP contribution in [0.5, 0.6) is 0 Å². The number of benzene rings is 2. The van der Waals surface area contributed by atoms with Gasteiger partial charge in [0.15, 0.2) is 0 Å². The van der Waals surface area contributed by atoms with E-state index in [1.807, 2.05) is 38.4 Å². The maximum Gasteiger partial charge on any atom is 0.0992 e. The zero-order valence-corrected chi connectivity index (χ0v) is 12.1. The lowest BCUT2D eigenvalue weighted by Gasteiger charge is -2.18. The van der Waals surface area contributed by atoms with Crippen molar-refractivity contribution in [2.45, 2.75) is 13.0 Å². The van der Waals surface area contributed by atoms with E-state index in [-0.39, 0.29) is 6.04 Å². The van der Waals surface area contributed by atoms with Crippen molar-refractivity contribution in [1.82, 2.24) is 0 Å². The molecule has 0 radical (unpaired) electrons. The van der Waals surface area contributed by atoms with Crippen LogP contribution < -0.4 is 10.2 Å². The molecule has 2 aromatic rings. The molecule has 0 bridgehead atoms. The average molecular weight is 265 g/mol. The molecule has 1 N–H and O–H groups in total. The summed E-state index contributed by atoms with van der Waals surface area (Å²) in [5, 5.41) is 12.3. The van der Waals surface area contributed by atoms with Crippen molar-refractivity contribution in [3.63, 3.8) is 0 Å². The minimum atomic E-state index is 0.195. The monoisotopic (exact) mass is 265 g/mol. The maximum absolute atomic E-state index is 8.91. The Bertz CT molecular complexity index is 609. The summed E-state index contributed by atoms with van der Waals surface area (Å²) in [6, 6.07) is 18.4. The minimum Gasteiger partial charge on any atom is -0.378 e. The predicted octanol–water partition coefficient (Wildman–Crippen LogP) is 3.80. The molecular weight excluding hydrogens is 246 g/mol. The van der Waals surface area contributed by atoms with Crippen LogP contribution in [0.25, 0.3) is 0 Å². The molecule has 3 nitrogen and oxygen atoms in total. The summed E-state index contributed by atoms with van der Waals surface area (Å²) in [5.41, 5.74) is 4.05. The molecular formula is C17H19N3. The van der Waals surface area contributed by atoms with E-state index < -0.39 is 0 Å². The lowest BCUT2D eigenvalue weighted by molar-refractivity contribution is 0.884. The van der Waals surface area contributed by atoms with Gasteiger partial charge in [0.25, 0.3) is 0 Å². The first-order valence-corrected chi connectivity index (χ1v) is 6.64. The first-order valence-electron chi connectivity index (χ1n) is 6.64. The zero-order valence-electron chi connectivity index (χ0n) is 12.1. The molecule has 1 atom stereocenters. The van der Waals surface area contributed by atoms with E-state index in [9.17, 15) is 0 Å². The number of nitrogens with one attached hydrogen (secondary N) is 1. The predicted molar refractivity (Wildman–Crippen MR) is 84.0 cm³/mol. The van der Waals surface area contributed by atoms with Gasteiger partial charge in [0.05, 0.1) is 11.6 Å². The second-order valence-electron chi connectivity index (χ2n) is 5.04. The number of hydrogen-bond acceptors (Lipinski definition) is 3. The number of hydrogen-bond donors (Lipinski definition) is 1. The van der Waals surface area contributed by atoms with Crippen LogP contribution in [0.3, 0.4) is 0 Å². The normalized spacial score (nSPS) is 11.5. The van der Waals surface area contributed by atoms with Gasteiger partial charge in [0.1, 0.15) is 0 Å². The fourth-order valence-corrected chi connectivity index (χ4v) is 2.07. The molecule has 0 saturated heterocycles. The highest BCUT2D eigenvalue weighted by molar-refractivity contribution is 5.52.